The van der Waals surface area contributed by atoms with E-state index < -0.39 is 17.5 Å². The van der Waals surface area contributed by atoms with Crippen molar-refractivity contribution in [2.24, 2.45) is 0 Å². The van der Waals surface area contributed by atoms with Crippen molar-refractivity contribution in [3.8, 4) is 0 Å². The van der Waals surface area contributed by atoms with Gasteiger partial charge in [0.05, 0.1) is 23.5 Å². The standard InChI is InChI=1S/C17H13F2N5O/c18-12-4-5-15(14(19)7-12)24-16(25)11-8-21-17(22-9-11)23-10-13-3-1-2-6-20-13/h1-9H,10H2,(H,24,25)(H,21,22,23). The Bertz CT molecular complexity index is 872. The van der Waals surface area contributed by atoms with Gasteiger partial charge < -0.3 is 10.6 Å². The third-order valence-corrected chi connectivity index (χ3v) is 3.25. The van der Waals surface area contributed by atoms with Gasteiger partial charge in [-0.15, -0.1) is 0 Å². The predicted molar refractivity (Wildman–Crippen MR) is 87.9 cm³/mol. The van der Waals surface area contributed by atoms with Gasteiger partial charge in [0.15, 0.2) is 0 Å². The Balaban J connectivity index is 1.62. The summed E-state index contributed by atoms with van der Waals surface area (Å²) in [7, 11) is 0. The number of amides is 1. The summed E-state index contributed by atoms with van der Waals surface area (Å²) < 4.78 is 26.4. The van der Waals surface area contributed by atoms with Crippen molar-refractivity contribution in [3.63, 3.8) is 0 Å². The highest BCUT2D eigenvalue weighted by molar-refractivity contribution is 6.03. The summed E-state index contributed by atoms with van der Waals surface area (Å²) in [4.78, 5) is 24.3. The van der Waals surface area contributed by atoms with Crippen molar-refractivity contribution in [2.45, 2.75) is 6.54 Å². The number of carbonyl (C=O) groups excluding carboxylic acids is 1. The molecule has 0 saturated heterocycles. The summed E-state index contributed by atoms with van der Waals surface area (Å²) in [5.41, 5.74) is 0.843. The van der Waals surface area contributed by atoms with Crippen LogP contribution in [0.4, 0.5) is 20.4 Å². The number of nitrogens with zero attached hydrogens (tertiary/aromatic N) is 3. The van der Waals surface area contributed by atoms with Gasteiger partial charge in [0.1, 0.15) is 11.6 Å². The maximum absolute atomic E-state index is 13.6. The number of rotatable bonds is 5. The van der Waals surface area contributed by atoms with Crippen molar-refractivity contribution >= 4 is 17.5 Å². The molecule has 2 N–H and O–H groups in total. The molecule has 0 aliphatic heterocycles. The number of anilines is 2. The van der Waals surface area contributed by atoms with Gasteiger partial charge in [-0.2, -0.15) is 0 Å². The fourth-order valence-electron chi connectivity index (χ4n) is 1.99. The van der Waals surface area contributed by atoms with Gasteiger partial charge in [0.25, 0.3) is 5.91 Å². The van der Waals surface area contributed by atoms with Crippen molar-refractivity contribution in [1.82, 2.24) is 15.0 Å². The Morgan fingerprint density at radius 1 is 1.04 bits per heavy atom. The lowest BCUT2D eigenvalue weighted by atomic mass is 10.2. The Morgan fingerprint density at radius 3 is 2.52 bits per heavy atom. The van der Waals surface area contributed by atoms with Crippen molar-refractivity contribution in [1.29, 1.82) is 0 Å². The van der Waals surface area contributed by atoms with E-state index in [4.69, 9.17) is 0 Å². The van der Waals surface area contributed by atoms with Crippen LogP contribution in [-0.4, -0.2) is 20.9 Å². The van der Waals surface area contributed by atoms with Gasteiger partial charge in [0, 0.05) is 24.7 Å². The molecule has 3 aromatic rings. The van der Waals surface area contributed by atoms with Crippen LogP contribution in [0.25, 0.3) is 0 Å². The third kappa shape index (κ3) is 4.31. The molecule has 2 heterocycles. The van der Waals surface area contributed by atoms with Crippen molar-refractivity contribution in [3.05, 3.63) is 77.9 Å². The largest absolute Gasteiger partial charge is 0.349 e. The van der Waals surface area contributed by atoms with Gasteiger partial charge in [0.2, 0.25) is 5.95 Å². The van der Waals surface area contributed by atoms with Gasteiger partial charge in [-0.3, -0.25) is 9.78 Å². The quantitative estimate of drug-likeness (QED) is 0.746. The second kappa shape index (κ2) is 7.43. The highest BCUT2D eigenvalue weighted by Gasteiger charge is 2.11. The summed E-state index contributed by atoms with van der Waals surface area (Å²) in [6, 6.07) is 8.43. The molecule has 25 heavy (non-hydrogen) atoms. The van der Waals surface area contributed by atoms with Crippen LogP contribution < -0.4 is 10.6 Å². The summed E-state index contributed by atoms with van der Waals surface area (Å²) in [5.74, 6) is -1.85. The molecule has 0 saturated carbocycles. The van der Waals surface area contributed by atoms with E-state index in [0.29, 0.717) is 18.6 Å². The normalized spacial score (nSPS) is 10.3. The summed E-state index contributed by atoms with van der Waals surface area (Å²) in [6.07, 6.45) is 4.30. The summed E-state index contributed by atoms with van der Waals surface area (Å²) in [5, 5.41) is 5.31. The number of halogens is 2. The number of carbonyl (C=O) groups is 1. The van der Waals surface area contributed by atoms with Crippen LogP contribution in [-0.2, 0) is 6.54 Å². The molecule has 0 aliphatic carbocycles. The smallest absolute Gasteiger partial charge is 0.258 e. The van der Waals surface area contributed by atoms with Gasteiger partial charge >= 0.3 is 0 Å². The van der Waals surface area contributed by atoms with Crippen LogP contribution in [0.5, 0.6) is 0 Å². The molecule has 3 rings (SSSR count). The van der Waals surface area contributed by atoms with Crippen molar-refractivity contribution in [2.75, 3.05) is 10.6 Å². The van der Waals surface area contributed by atoms with Crippen LogP contribution in [0.15, 0.2) is 55.0 Å². The Morgan fingerprint density at radius 2 is 1.84 bits per heavy atom. The van der Waals surface area contributed by atoms with E-state index >= 15 is 0 Å². The molecule has 6 nitrogen and oxygen atoms in total. The summed E-state index contributed by atoms with van der Waals surface area (Å²) >= 11 is 0. The molecule has 0 unspecified atom stereocenters. The molecule has 0 radical (unpaired) electrons. The number of hydrogen-bond donors (Lipinski definition) is 2. The minimum absolute atomic E-state index is 0.122. The van der Waals surface area contributed by atoms with Crippen LogP contribution in [0.3, 0.4) is 0 Å². The molecule has 1 amide bonds. The highest BCUT2D eigenvalue weighted by atomic mass is 19.1. The van der Waals surface area contributed by atoms with Crippen LogP contribution in [0.1, 0.15) is 16.1 Å². The van der Waals surface area contributed by atoms with Crippen molar-refractivity contribution < 1.29 is 13.6 Å². The first-order chi connectivity index (χ1) is 12.1. The Hall–Kier alpha value is -3.42. The fourth-order valence-corrected chi connectivity index (χ4v) is 1.99. The summed E-state index contributed by atoms with van der Waals surface area (Å²) in [6.45, 7) is 0.438. The lowest BCUT2D eigenvalue weighted by molar-refractivity contribution is 0.102. The minimum Gasteiger partial charge on any atom is -0.349 e. The zero-order chi connectivity index (χ0) is 17.6. The minimum atomic E-state index is -0.858. The van der Waals surface area contributed by atoms with E-state index in [9.17, 15) is 13.6 Å². The topological polar surface area (TPSA) is 79.8 Å². The molecule has 1 aromatic carbocycles. The number of aromatic nitrogens is 3. The zero-order valence-corrected chi connectivity index (χ0v) is 12.9. The first-order valence-electron chi connectivity index (χ1n) is 7.34. The second-order valence-corrected chi connectivity index (χ2v) is 5.05. The van der Waals surface area contributed by atoms with E-state index in [1.807, 2.05) is 18.2 Å². The maximum atomic E-state index is 13.6. The lowest BCUT2D eigenvalue weighted by Crippen LogP contribution is -2.14. The van der Waals surface area contributed by atoms with Gasteiger partial charge in [-0.05, 0) is 24.3 Å². The molecule has 0 bridgehead atoms. The highest BCUT2D eigenvalue weighted by Crippen LogP contribution is 2.16. The molecule has 2 aromatic heterocycles. The zero-order valence-electron chi connectivity index (χ0n) is 12.9. The Labute approximate surface area is 142 Å². The lowest BCUT2D eigenvalue weighted by Gasteiger charge is -2.07. The first-order valence-corrected chi connectivity index (χ1v) is 7.34. The molecule has 0 fully saturated rings. The average molecular weight is 341 g/mol. The molecular weight excluding hydrogens is 328 g/mol. The molecule has 126 valence electrons. The van der Waals surface area contributed by atoms with Crippen LogP contribution >= 0.6 is 0 Å². The molecule has 8 heteroatoms. The Kier molecular flexibility index (Phi) is 4.89. The maximum Gasteiger partial charge on any atom is 0.258 e. The van der Waals surface area contributed by atoms with E-state index in [-0.39, 0.29) is 11.3 Å². The number of benzene rings is 1. The van der Waals surface area contributed by atoms with E-state index in [1.54, 1.807) is 6.20 Å². The molecular formula is C17H13F2N5O. The average Bonchev–Trinajstić information content (AvgIpc) is 2.63. The molecule has 0 aliphatic rings. The van der Waals surface area contributed by atoms with E-state index in [0.717, 1.165) is 17.8 Å². The van der Waals surface area contributed by atoms with Crippen LogP contribution in [0, 0.1) is 11.6 Å². The second-order valence-electron chi connectivity index (χ2n) is 5.05. The number of hydrogen-bond acceptors (Lipinski definition) is 5. The predicted octanol–water partition coefficient (Wildman–Crippen LogP) is 3.01. The monoisotopic (exact) mass is 341 g/mol. The molecule has 0 spiro atoms. The van der Waals surface area contributed by atoms with Gasteiger partial charge in [-0.25, -0.2) is 18.7 Å². The van der Waals surface area contributed by atoms with Crippen LogP contribution in [0.2, 0.25) is 0 Å². The fraction of sp³-hybridized carbons (Fsp3) is 0.0588. The number of nitrogens with one attached hydrogen (secondary N) is 2. The first kappa shape index (κ1) is 16.4. The van der Waals surface area contributed by atoms with Gasteiger partial charge in [-0.1, -0.05) is 6.07 Å². The molecule has 0 atom stereocenters. The van der Waals surface area contributed by atoms with E-state index in [2.05, 4.69) is 25.6 Å². The third-order valence-electron chi connectivity index (χ3n) is 3.25. The number of pyridine rings is 1. The van der Waals surface area contributed by atoms with E-state index in [1.165, 1.54) is 12.4 Å². The SMILES string of the molecule is O=C(Nc1ccc(F)cc1F)c1cnc(NCc2ccccn2)nc1.